The summed E-state index contributed by atoms with van der Waals surface area (Å²) in [4.78, 5) is 19.5. The van der Waals surface area contributed by atoms with E-state index in [0.29, 0.717) is 18.3 Å². The number of rotatable bonds is 6. The van der Waals surface area contributed by atoms with Gasteiger partial charge in [-0.2, -0.15) is 0 Å². The Labute approximate surface area is 170 Å². The number of pyridine rings is 1. The molecule has 4 aromatic rings. The Balaban J connectivity index is 1.64. The third kappa shape index (κ3) is 4.21. The van der Waals surface area contributed by atoms with Gasteiger partial charge in [-0.1, -0.05) is 56.3 Å². The van der Waals surface area contributed by atoms with Gasteiger partial charge in [-0.05, 0) is 41.3 Å². The fraction of sp³-hybridized carbons (Fsp3) is 0.200. The first kappa shape index (κ1) is 18.9. The molecule has 0 saturated heterocycles. The smallest absolute Gasteiger partial charge is 0.233 e. The average Bonchev–Trinajstić information content (AvgIpc) is 3.15. The molecule has 0 unspecified atom stereocenters. The minimum Gasteiger partial charge on any atom is -0.464 e. The second-order valence-corrected chi connectivity index (χ2v) is 7.50. The van der Waals surface area contributed by atoms with E-state index >= 15 is 0 Å². The second-order valence-electron chi connectivity index (χ2n) is 7.50. The lowest BCUT2D eigenvalue weighted by Crippen LogP contribution is -2.32. The standard InChI is InChI=1S/C25H24N2O2/c1-18(2)20-11-12-23-22(14-20)21(17-29-23)15-25(28)27(24-10-6-7-13-26-24)16-19-8-4-3-5-9-19/h3-14,17-18H,15-16H2,1-2H3. The molecular weight excluding hydrogens is 360 g/mol. The van der Waals surface area contributed by atoms with E-state index < -0.39 is 0 Å². The predicted octanol–water partition coefficient (Wildman–Crippen LogP) is 5.73. The minimum atomic E-state index is -0.00907. The van der Waals surface area contributed by atoms with Crippen molar-refractivity contribution in [2.24, 2.45) is 0 Å². The maximum absolute atomic E-state index is 13.3. The predicted molar refractivity (Wildman–Crippen MR) is 116 cm³/mol. The highest BCUT2D eigenvalue weighted by Crippen LogP contribution is 2.27. The van der Waals surface area contributed by atoms with Gasteiger partial charge in [0.15, 0.2) is 0 Å². The van der Waals surface area contributed by atoms with E-state index in [9.17, 15) is 4.79 Å². The number of furan rings is 1. The van der Waals surface area contributed by atoms with E-state index in [0.717, 1.165) is 22.1 Å². The molecule has 0 aliphatic rings. The van der Waals surface area contributed by atoms with E-state index in [2.05, 4.69) is 31.0 Å². The Morgan fingerprint density at radius 3 is 2.55 bits per heavy atom. The zero-order valence-electron chi connectivity index (χ0n) is 16.7. The molecule has 1 amide bonds. The number of amides is 1. The fourth-order valence-electron chi connectivity index (χ4n) is 3.43. The highest BCUT2D eigenvalue weighted by Gasteiger charge is 2.20. The first-order valence-corrected chi connectivity index (χ1v) is 9.87. The van der Waals surface area contributed by atoms with Crippen molar-refractivity contribution in [1.29, 1.82) is 0 Å². The van der Waals surface area contributed by atoms with Crippen molar-refractivity contribution < 1.29 is 9.21 Å². The Hall–Kier alpha value is -3.40. The van der Waals surface area contributed by atoms with Gasteiger partial charge < -0.3 is 4.42 Å². The van der Waals surface area contributed by atoms with Crippen LogP contribution in [-0.2, 0) is 17.8 Å². The maximum atomic E-state index is 13.3. The highest BCUT2D eigenvalue weighted by molar-refractivity contribution is 5.96. The lowest BCUT2D eigenvalue weighted by molar-refractivity contribution is -0.118. The summed E-state index contributed by atoms with van der Waals surface area (Å²) in [5.74, 6) is 1.06. The summed E-state index contributed by atoms with van der Waals surface area (Å²) in [6.45, 7) is 4.80. The number of carbonyl (C=O) groups excluding carboxylic acids is 1. The number of benzene rings is 2. The molecule has 146 valence electrons. The van der Waals surface area contributed by atoms with Gasteiger partial charge in [0.1, 0.15) is 11.4 Å². The van der Waals surface area contributed by atoms with Crippen molar-refractivity contribution in [2.45, 2.75) is 32.7 Å². The highest BCUT2D eigenvalue weighted by atomic mass is 16.3. The van der Waals surface area contributed by atoms with Crippen LogP contribution in [0.25, 0.3) is 11.0 Å². The first-order valence-electron chi connectivity index (χ1n) is 9.87. The van der Waals surface area contributed by atoms with Crippen molar-refractivity contribution in [3.8, 4) is 0 Å². The van der Waals surface area contributed by atoms with Crippen LogP contribution in [0.15, 0.2) is 83.6 Å². The van der Waals surface area contributed by atoms with E-state index in [1.165, 1.54) is 5.56 Å². The number of hydrogen-bond acceptors (Lipinski definition) is 3. The van der Waals surface area contributed by atoms with Crippen molar-refractivity contribution in [1.82, 2.24) is 4.98 Å². The van der Waals surface area contributed by atoms with Crippen LogP contribution in [0.4, 0.5) is 5.82 Å². The Kier molecular flexibility index (Phi) is 5.43. The number of fused-ring (bicyclic) bond motifs is 1. The third-order valence-corrected chi connectivity index (χ3v) is 5.10. The normalized spacial score (nSPS) is 11.1. The molecule has 0 N–H and O–H groups in total. The number of hydrogen-bond donors (Lipinski definition) is 0. The topological polar surface area (TPSA) is 46.3 Å². The molecule has 2 aromatic carbocycles. The fourth-order valence-corrected chi connectivity index (χ4v) is 3.43. The molecule has 4 rings (SSSR count). The molecule has 0 radical (unpaired) electrons. The molecule has 0 fully saturated rings. The monoisotopic (exact) mass is 384 g/mol. The quantitative estimate of drug-likeness (QED) is 0.427. The van der Waals surface area contributed by atoms with E-state index in [4.69, 9.17) is 4.42 Å². The summed E-state index contributed by atoms with van der Waals surface area (Å²) in [6, 6.07) is 21.8. The Bertz CT molecular complexity index is 1100. The second kappa shape index (κ2) is 8.31. The largest absolute Gasteiger partial charge is 0.464 e. The van der Waals surface area contributed by atoms with Gasteiger partial charge in [-0.25, -0.2) is 4.98 Å². The van der Waals surface area contributed by atoms with Crippen LogP contribution >= 0.6 is 0 Å². The Morgan fingerprint density at radius 1 is 1.03 bits per heavy atom. The number of carbonyl (C=O) groups is 1. The zero-order valence-corrected chi connectivity index (χ0v) is 16.7. The van der Waals surface area contributed by atoms with E-state index in [1.54, 1.807) is 17.4 Å². The van der Waals surface area contributed by atoms with Crippen LogP contribution < -0.4 is 4.90 Å². The first-order chi connectivity index (χ1) is 14.1. The van der Waals surface area contributed by atoms with E-state index in [-0.39, 0.29) is 12.3 Å². The minimum absolute atomic E-state index is 0.00907. The van der Waals surface area contributed by atoms with Gasteiger partial charge in [0, 0.05) is 17.1 Å². The molecule has 0 saturated carbocycles. The van der Waals surface area contributed by atoms with Gasteiger partial charge >= 0.3 is 0 Å². The lowest BCUT2D eigenvalue weighted by Gasteiger charge is -2.22. The summed E-state index contributed by atoms with van der Waals surface area (Å²) in [5, 5.41) is 1.00. The third-order valence-electron chi connectivity index (χ3n) is 5.10. The summed E-state index contributed by atoms with van der Waals surface area (Å²) in [7, 11) is 0. The molecule has 4 nitrogen and oxygen atoms in total. The van der Waals surface area contributed by atoms with Gasteiger partial charge in [0.05, 0.1) is 19.2 Å². The van der Waals surface area contributed by atoms with Crippen LogP contribution in [0.1, 0.15) is 36.5 Å². The number of aromatic nitrogens is 1. The van der Waals surface area contributed by atoms with Crippen LogP contribution in [0.2, 0.25) is 0 Å². The summed E-state index contributed by atoms with van der Waals surface area (Å²) >= 11 is 0. The van der Waals surface area contributed by atoms with Crippen molar-refractivity contribution >= 4 is 22.7 Å². The lowest BCUT2D eigenvalue weighted by atomic mass is 10.00. The summed E-state index contributed by atoms with van der Waals surface area (Å²) in [5.41, 5.74) is 4.01. The number of anilines is 1. The van der Waals surface area contributed by atoms with Crippen LogP contribution in [0.3, 0.4) is 0 Å². The van der Waals surface area contributed by atoms with Gasteiger partial charge in [-0.3, -0.25) is 9.69 Å². The molecule has 4 heteroatoms. The maximum Gasteiger partial charge on any atom is 0.233 e. The number of nitrogens with zero attached hydrogens (tertiary/aromatic N) is 2. The van der Waals surface area contributed by atoms with Gasteiger partial charge in [0.25, 0.3) is 0 Å². The van der Waals surface area contributed by atoms with Crippen molar-refractivity contribution in [3.63, 3.8) is 0 Å². The zero-order chi connectivity index (χ0) is 20.2. The van der Waals surface area contributed by atoms with Crippen LogP contribution in [0.5, 0.6) is 0 Å². The molecule has 2 heterocycles. The van der Waals surface area contributed by atoms with Crippen molar-refractivity contribution in [3.05, 3.63) is 95.9 Å². The molecule has 0 aliphatic heterocycles. The SMILES string of the molecule is CC(C)c1ccc2occ(CC(=O)N(Cc3ccccc3)c3ccccn3)c2c1. The van der Waals surface area contributed by atoms with Gasteiger partial charge in [0.2, 0.25) is 5.91 Å². The Morgan fingerprint density at radius 2 is 1.83 bits per heavy atom. The average molecular weight is 384 g/mol. The van der Waals surface area contributed by atoms with Gasteiger partial charge in [-0.15, -0.1) is 0 Å². The van der Waals surface area contributed by atoms with Crippen LogP contribution in [-0.4, -0.2) is 10.9 Å². The van der Waals surface area contributed by atoms with Crippen molar-refractivity contribution in [2.75, 3.05) is 4.90 Å². The molecule has 0 spiro atoms. The molecular formula is C25H24N2O2. The molecule has 0 bridgehead atoms. The van der Waals surface area contributed by atoms with Crippen LogP contribution in [0, 0.1) is 0 Å². The summed E-state index contributed by atoms with van der Waals surface area (Å²) < 4.78 is 5.70. The molecule has 0 atom stereocenters. The molecule has 29 heavy (non-hydrogen) atoms. The summed E-state index contributed by atoms with van der Waals surface area (Å²) in [6.07, 6.45) is 3.67. The molecule has 2 aromatic heterocycles. The molecule has 0 aliphatic carbocycles. The van der Waals surface area contributed by atoms with E-state index in [1.807, 2.05) is 54.6 Å².